The Hall–Kier alpha value is -2.10. The van der Waals surface area contributed by atoms with Crippen LogP contribution >= 0.6 is 0 Å². The lowest BCUT2D eigenvalue weighted by Crippen LogP contribution is -2.44. The molecule has 0 amide bonds. The van der Waals surface area contributed by atoms with Crippen molar-refractivity contribution in [1.29, 1.82) is 0 Å². The second-order valence-electron chi connectivity index (χ2n) is 6.55. The maximum Gasteiger partial charge on any atom is 0.321 e. The van der Waals surface area contributed by atoms with Crippen LogP contribution in [0.1, 0.15) is 38.3 Å². The lowest BCUT2D eigenvalue weighted by molar-refractivity contribution is -0.167. The molecule has 0 fully saturated rings. The fourth-order valence-corrected chi connectivity index (χ4v) is 2.48. The highest BCUT2D eigenvalue weighted by Crippen LogP contribution is 2.37. The number of carboxylic acids is 2. The third-order valence-electron chi connectivity index (χ3n) is 3.37. The van der Waals surface area contributed by atoms with Crippen molar-refractivity contribution in [3.63, 3.8) is 0 Å². The summed E-state index contributed by atoms with van der Waals surface area (Å²) in [5, 5.41) is 19.0. The first-order valence-electron chi connectivity index (χ1n) is 6.79. The maximum absolute atomic E-state index is 11.7. The van der Waals surface area contributed by atoms with Crippen LogP contribution in [0.5, 0.6) is 0 Å². The lowest BCUT2D eigenvalue weighted by Gasteiger charge is -2.32. The van der Waals surface area contributed by atoms with E-state index in [0.717, 1.165) is 5.56 Å². The minimum absolute atomic E-state index is 0.0354. The smallest absolute Gasteiger partial charge is 0.321 e. The minimum atomic E-state index is -1.81. The number of aliphatic carboxylic acids is 2. The molecule has 0 heterocycles. The summed E-state index contributed by atoms with van der Waals surface area (Å²) in [5.41, 5.74) is -0.619. The van der Waals surface area contributed by atoms with Crippen molar-refractivity contribution in [2.45, 2.75) is 33.6 Å². The Kier molecular flexibility index (Phi) is 4.94. The lowest BCUT2D eigenvalue weighted by atomic mass is 9.70. The zero-order valence-corrected chi connectivity index (χ0v) is 12.7. The van der Waals surface area contributed by atoms with Crippen LogP contribution in [0.25, 0.3) is 6.08 Å². The Morgan fingerprint density at radius 2 is 1.57 bits per heavy atom. The van der Waals surface area contributed by atoms with Crippen LogP contribution in [0.3, 0.4) is 0 Å². The molecule has 0 aliphatic rings. The van der Waals surface area contributed by atoms with Crippen LogP contribution in [-0.2, 0) is 16.0 Å². The average molecular weight is 290 g/mol. The van der Waals surface area contributed by atoms with Crippen molar-refractivity contribution in [2.24, 2.45) is 10.8 Å². The molecule has 0 aliphatic carbocycles. The van der Waals surface area contributed by atoms with Crippen LogP contribution in [-0.4, -0.2) is 22.2 Å². The second-order valence-corrected chi connectivity index (χ2v) is 6.55. The Balaban J connectivity index is 3.19. The summed E-state index contributed by atoms with van der Waals surface area (Å²) in [4.78, 5) is 23.3. The van der Waals surface area contributed by atoms with Crippen molar-refractivity contribution in [1.82, 2.24) is 0 Å². The summed E-state index contributed by atoms with van der Waals surface area (Å²) in [6.45, 7) is 9.18. The van der Waals surface area contributed by atoms with E-state index in [1.165, 1.54) is 0 Å². The van der Waals surface area contributed by atoms with E-state index in [1.54, 1.807) is 30.3 Å². The number of benzene rings is 1. The molecule has 0 atom stereocenters. The van der Waals surface area contributed by atoms with E-state index in [1.807, 2.05) is 20.8 Å². The molecule has 0 bridgehead atoms. The highest BCUT2D eigenvalue weighted by Gasteiger charge is 2.48. The van der Waals surface area contributed by atoms with Gasteiger partial charge in [-0.25, -0.2) is 0 Å². The molecule has 0 radical (unpaired) electrons. The van der Waals surface area contributed by atoms with Crippen molar-refractivity contribution in [2.75, 3.05) is 0 Å². The predicted octanol–water partition coefficient (Wildman–Crippen LogP) is 3.46. The average Bonchev–Trinajstić information content (AvgIpc) is 2.36. The van der Waals surface area contributed by atoms with Gasteiger partial charge in [0, 0.05) is 0 Å². The fraction of sp³-hybridized carbons (Fsp3) is 0.412. The molecule has 1 rings (SSSR count). The third kappa shape index (κ3) is 4.18. The number of carboxylic acid groups (broad SMARTS) is 2. The molecular weight excluding hydrogens is 268 g/mol. The van der Waals surface area contributed by atoms with Gasteiger partial charge in [0.2, 0.25) is 0 Å². The first kappa shape index (κ1) is 17.0. The molecule has 2 N–H and O–H groups in total. The van der Waals surface area contributed by atoms with Crippen molar-refractivity contribution >= 4 is 18.0 Å². The van der Waals surface area contributed by atoms with E-state index in [4.69, 9.17) is 0 Å². The first-order valence-corrected chi connectivity index (χ1v) is 6.79. The van der Waals surface area contributed by atoms with E-state index >= 15 is 0 Å². The summed E-state index contributed by atoms with van der Waals surface area (Å²) in [6.07, 6.45) is 1.71. The summed E-state index contributed by atoms with van der Waals surface area (Å²) in [7, 11) is 0. The summed E-state index contributed by atoms with van der Waals surface area (Å²) < 4.78 is 0. The standard InChI is InChI=1S/C17H22O4/c1-5-12-6-8-13(9-7-12)10-17(14(18)19,15(20)21)11-16(2,3)4/h5-9H,1,10-11H2,2-4H3,(H,18,19)(H,20,21). The molecule has 0 saturated carbocycles. The van der Waals surface area contributed by atoms with Crippen LogP contribution in [0.15, 0.2) is 30.8 Å². The Morgan fingerprint density at radius 3 is 1.90 bits per heavy atom. The fourth-order valence-electron chi connectivity index (χ4n) is 2.48. The van der Waals surface area contributed by atoms with Crippen molar-refractivity contribution < 1.29 is 19.8 Å². The molecule has 0 spiro atoms. The summed E-state index contributed by atoms with van der Waals surface area (Å²) in [5.74, 6) is -2.59. The van der Waals surface area contributed by atoms with Gasteiger partial charge in [-0.05, 0) is 29.4 Å². The third-order valence-corrected chi connectivity index (χ3v) is 3.37. The van der Waals surface area contributed by atoms with Crippen molar-refractivity contribution in [3.05, 3.63) is 42.0 Å². The van der Waals surface area contributed by atoms with Gasteiger partial charge in [-0.15, -0.1) is 0 Å². The van der Waals surface area contributed by atoms with Crippen LogP contribution in [0.4, 0.5) is 0 Å². The predicted molar refractivity (Wildman–Crippen MR) is 82.0 cm³/mol. The van der Waals surface area contributed by atoms with E-state index in [0.29, 0.717) is 5.56 Å². The molecule has 114 valence electrons. The Labute approximate surface area is 125 Å². The monoisotopic (exact) mass is 290 g/mol. The van der Waals surface area contributed by atoms with Crippen LogP contribution < -0.4 is 0 Å². The summed E-state index contributed by atoms with van der Waals surface area (Å²) >= 11 is 0. The van der Waals surface area contributed by atoms with E-state index < -0.39 is 22.8 Å². The summed E-state index contributed by atoms with van der Waals surface area (Å²) in [6, 6.07) is 7.10. The van der Waals surface area contributed by atoms with E-state index in [2.05, 4.69) is 6.58 Å². The highest BCUT2D eigenvalue weighted by molar-refractivity contribution is 5.98. The molecule has 0 aliphatic heterocycles. The van der Waals surface area contributed by atoms with Gasteiger partial charge in [-0.2, -0.15) is 0 Å². The first-order chi connectivity index (χ1) is 9.60. The number of rotatable bonds is 6. The van der Waals surface area contributed by atoms with Crippen LogP contribution in [0, 0.1) is 10.8 Å². The SMILES string of the molecule is C=Cc1ccc(CC(CC(C)(C)C)(C(=O)O)C(=O)O)cc1. The minimum Gasteiger partial charge on any atom is -0.480 e. The Bertz CT molecular complexity index is 521. The van der Waals surface area contributed by atoms with Crippen molar-refractivity contribution in [3.8, 4) is 0 Å². The quantitative estimate of drug-likeness (QED) is 0.787. The molecule has 4 heteroatoms. The van der Waals surface area contributed by atoms with Gasteiger partial charge >= 0.3 is 11.9 Å². The van der Waals surface area contributed by atoms with E-state index in [9.17, 15) is 19.8 Å². The maximum atomic E-state index is 11.7. The highest BCUT2D eigenvalue weighted by atomic mass is 16.4. The van der Waals surface area contributed by atoms with Gasteiger partial charge in [-0.1, -0.05) is 57.7 Å². The van der Waals surface area contributed by atoms with Gasteiger partial charge in [0.15, 0.2) is 5.41 Å². The molecule has 4 nitrogen and oxygen atoms in total. The van der Waals surface area contributed by atoms with Gasteiger partial charge in [-0.3, -0.25) is 9.59 Å². The molecule has 0 aromatic heterocycles. The largest absolute Gasteiger partial charge is 0.480 e. The number of carbonyl (C=O) groups is 2. The molecule has 21 heavy (non-hydrogen) atoms. The number of hydrogen-bond donors (Lipinski definition) is 2. The topological polar surface area (TPSA) is 74.6 Å². The molecule has 0 saturated heterocycles. The molecule has 1 aromatic carbocycles. The second kappa shape index (κ2) is 6.12. The van der Waals surface area contributed by atoms with Gasteiger partial charge in [0.25, 0.3) is 0 Å². The normalized spacial score (nSPS) is 12.0. The van der Waals surface area contributed by atoms with Crippen LogP contribution in [0.2, 0.25) is 0 Å². The van der Waals surface area contributed by atoms with Gasteiger partial charge in [0.1, 0.15) is 0 Å². The van der Waals surface area contributed by atoms with Gasteiger partial charge < -0.3 is 10.2 Å². The van der Waals surface area contributed by atoms with Gasteiger partial charge in [0.05, 0.1) is 0 Å². The zero-order valence-electron chi connectivity index (χ0n) is 12.7. The molecule has 0 unspecified atom stereocenters. The molecular formula is C17H22O4. The molecule has 1 aromatic rings. The zero-order chi connectivity index (χ0) is 16.3. The van der Waals surface area contributed by atoms with E-state index in [-0.39, 0.29) is 12.8 Å². The Morgan fingerprint density at radius 1 is 1.10 bits per heavy atom. The number of hydrogen-bond acceptors (Lipinski definition) is 2.